The molecule has 1 saturated carbocycles. The smallest absolute Gasteiger partial charge is 0.320 e. The molecule has 0 radical (unpaired) electrons. The lowest BCUT2D eigenvalue weighted by Crippen LogP contribution is -2.55. The molecule has 1 fully saturated rings. The third-order valence-electron chi connectivity index (χ3n) is 17.2. The first kappa shape index (κ1) is 86.6. The molecule has 1 heterocycles. The van der Waals surface area contributed by atoms with Crippen LogP contribution in [0.1, 0.15) is 219 Å². The number of ether oxygens (including phenoxy) is 4. The fourth-order valence-corrected chi connectivity index (χ4v) is 11.2. The van der Waals surface area contributed by atoms with Crippen molar-refractivity contribution >= 4 is 64.9 Å². The number of amides is 6. The number of nitrogens with zero attached hydrogens (tertiary/aromatic N) is 1. The van der Waals surface area contributed by atoms with Gasteiger partial charge in [0, 0.05) is 82.5 Å². The van der Waals surface area contributed by atoms with Gasteiger partial charge in [-0.2, -0.15) is 0 Å². The largest absolute Gasteiger partial charge is 0.481 e. The maximum absolute atomic E-state index is 13.1. The van der Waals surface area contributed by atoms with Gasteiger partial charge in [-0.25, -0.2) is 4.98 Å². The Hall–Kier alpha value is -6.50. The molecule has 0 bridgehead atoms. The van der Waals surface area contributed by atoms with Crippen molar-refractivity contribution in [1.82, 2.24) is 47.2 Å². The molecule has 0 aromatic carbocycles. The highest BCUT2D eigenvalue weighted by Gasteiger charge is 2.34. The fourth-order valence-electron chi connectivity index (χ4n) is 11.2. The summed E-state index contributed by atoms with van der Waals surface area (Å²) < 4.78 is 21.6. The number of carbonyl (C=O) groups excluding carboxylic acids is 8. The van der Waals surface area contributed by atoms with Crippen LogP contribution in [-0.2, 0) is 78.1 Å². The molecule has 97 heavy (non-hydrogen) atoms. The van der Waals surface area contributed by atoms with Gasteiger partial charge in [0.25, 0.3) is 0 Å². The minimum absolute atomic E-state index is 0.00207. The number of aromatic nitrogens is 2. The highest BCUT2D eigenvalue weighted by atomic mass is 16.5. The van der Waals surface area contributed by atoms with E-state index in [9.17, 15) is 68.1 Å². The number of nitrogens with two attached hydrogens (primary N) is 1. The van der Waals surface area contributed by atoms with Crippen LogP contribution < -0.4 is 43.0 Å². The van der Waals surface area contributed by atoms with Gasteiger partial charge in [-0.3, -0.25) is 58.1 Å². The summed E-state index contributed by atoms with van der Waals surface area (Å²) in [5.41, 5.74) is 5.46. The van der Waals surface area contributed by atoms with Gasteiger partial charge in [-0.15, -0.1) is 0 Å². The first-order valence-electron chi connectivity index (χ1n) is 35.3. The predicted octanol–water partition coefficient (Wildman–Crippen LogP) is 4.44. The zero-order valence-electron chi connectivity index (χ0n) is 58.0. The number of H-pyrrole nitrogens is 1. The van der Waals surface area contributed by atoms with E-state index < -0.39 is 83.8 Å². The average Bonchev–Trinajstić information content (AvgIpc) is 1.89. The zero-order valence-corrected chi connectivity index (χ0v) is 58.0. The Kier molecular flexibility index (Phi) is 47.7. The molecule has 0 spiro atoms. The number of aliphatic carboxylic acids is 3. The number of carboxylic acids is 3. The van der Waals surface area contributed by atoms with E-state index >= 15 is 0 Å². The van der Waals surface area contributed by atoms with Crippen LogP contribution >= 0.6 is 0 Å². The van der Waals surface area contributed by atoms with Crippen molar-refractivity contribution in [2.75, 3.05) is 79.0 Å². The van der Waals surface area contributed by atoms with Gasteiger partial charge in [-0.1, -0.05) is 96.3 Å². The highest BCUT2D eigenvalue weighted by Crippen LogP contribution is 2.30. The molecule has 29 nitrogen and oxygen atoms in total. The molecule has 29 heteroatoms. The van der Waals surface area contributed by atoms with Gasteiger partial charge in [0.05, 0.1) is 57.5 Å². The number of ketones is 2. The lowest BCUT2D eigenvalue weighted by molar-refractivity contribution is -0.142. The Balaban J connectivity index is 1.49. The van der Waals surface area contributed by atoms with Crippen LogP contribution in [0.25, 0.3) is 0 Å². The highest BCUT2D eigenvalue weighted by molar-refractivity contribution is 5.96. The standard InChI is InChI=1S/C68H118N10O19/c1-49(79)52(42-57(80)68(2,3)78-65(90)54(69)43-53-45-70-48-75-53)22-20-21-33-71-60(83)46-96-40-38-94-36-34-72-61(84)47-97-41-39-95-37-35-73-66(91)55(30-32-63(87)88)76-59(82)31-29-56(67(92)93)77-64(89)51-27-25-50(26-28-51)44-74-58(81)23-18-16-14-12-10-8-6-4-5-7-9-11-13-15-17-19-24-62(85)86/h45,48,50-52,54-56,64,77,89H,4-44,46-47,69H2,1-3H3,(H,70,75)(H,71,83)(H,72,84)(H,73,91)(H,74,81)(H,76,82)(H,78,90)(H,85,86)(H,87,88)(H,92,93)/t50?,51?,52-,54?,55+,56?,64?/m1/s1. The van der Waals surface area contributed by atoms with Crippen LogP contribution in [0.15, 0.2) is 12.5 Å². The number of Topliss-reactive ketones (excluding diaryl/α,β-unsaturated/α-hetero) is 2. The number of hydrogen-bond acceptors (Lipinski definition) is 19. The minimum atomic E-state index is -1.28. The monoisotopic (exact) mass is 1380 g/mol. The molecule has 0 saturated heterocycles. The second-order valence-corrected chi connectivity index (χ2v) is 26.0. The van der Waals surface area contributed by atoms with Gasteiger partial charge in [-0.05, 0) is 96.8 Å². The molecule has 3 unspecified atom stereocenters. The number of nitrogens with one attached hydrogen (secondary N) is 8. The molecule has 14 N–H and O–H groups in total. The number of aliphatic hydroxyl groups is 1. The van der Waals surface area contributed by atoms with Crippen LogP contribution in [0.4, 0.5) is 0 Å². The summed E-state index contributed by atoms with van der Waals surface area (Å²) in [6.07, 6.45) is 24.3. The quantitative estimate of drug-likeness (QED) is 0.0316. The SMILES string of the molecule is CC(=O)[C@H](CCCCNC(=O)COCCOCCNC(=O)COCCOCCNC(=O)[C@H](CCC(=O)O)NC(=O)CCC(NC(O)C1CCC(CNC(=O)CCCCCCCCCCCCCCCCCCC(=O)O)CC1)C(=O)O)CC(=O)C(C)(C)NC(=O)C(N)Cc1cnc[nH]1. The Labute approximate surface area is 572 Å². The van der Waals surface area contributed by atoms with E-state index in [0.717, 1.165) is 51.4 Å². The number of carboxylic acid groups (broad SMARTS) is 3. The number of aliphatic hydroxyl groups excluding tert-OH is 1. The number of imidazole rings is 1. The lowest BCUT2D eigenvalue weighted by atomic mass is 9.81. The van der Waals surface area contributed by atoms with Gasteiger partial charge in [0.2, 0.25) is 35.4 Å². The van der Waals surface area contributed by atoms with E-state index in [2.05, 4.69) is 47.2 Å². The molecule has 6 amide bonds. The summed E-state index contributed by atoms with van der Waals surface area (Å²) in [5, 5.41) is 57.9. The van der Waals surface area contributed by atoms with Crippen molar-refractivity contribution in [3.05, 3.63) is 18.2 Å². The molecule has 1 aliphatic rings. The second kappa shape index (κ2) is 53.5. The van der Waals surface area contributed by atoms with E-state index in [0.29, 0.717) is 57.3 Å². The number of hydrogen-bond donors (Lipinski definition) is 13. The van der Waals surface area contributed by atoms with Crippen molar-refractivity contribution in [1.29, 1.82) is 0 Å². The molecule has 5 atom stereocenters. The Morgan fingerprint density at radius 2 is 1.08 bits per heavy atom. The van der Waals surface area contributed by atoms with Crippen molar-refractivity contribution in [3.63, 3.8) is 0 Å². The van der Waals surface area contributed by atoms with E-state index in [1.54, 1.807) is 20.0 Å². The maximum Gasteiger partial charge on any atom is 0.320 e. The van der Waals surface area contributed by atoms with Gasteiger partial charge in [0.15, 0.2) is 5.78 Å². The third-order valence-corrected chi connectivity index (χ3v) is 17.2. The van der Waals surface area contributed by atoms with E-state index in [1.165, 1.54) is 77.5 Å². The second-order valence-electron chi connectivity index (χ2n) is 26.0. The first-order valence-corrected chi connectivity index (χ1v) is 35.3. The first-order chi connectivity index (χ1) is 46.5. The number of carbonyl (C=O) groups is 11. The molecule has 1 aromatic rings. The topological polar surface area (TPSA) is 445 Å². The number of rotatable bonds is 62. The normalized spacial score (nSPS) is 15.4. The molecule has 1 aliphatic carbocycles. The summed E-state index contributed by atoms with van der Waals surface area (Å²) in [4.78, 5) is 142. The maximum atomic E-state index is 13.1. The average molecular weight is 1380 g/mol. The van der Waals surface area contributed by atoms with Gasteiger partial charge in [0.1, 0.15) is 37.3 Å². The van der Waals surface area contributed by atoms with E-state index in [-0.39, 0.29) is 140 Å². The Morgan fingerprint density at radius 3 is 1.61 bits per heavy atom. The molecular formula is C68H118N10O19. The van der Waals surface area contributed by atoms with E-state index in [4.69, 9.17) is 29.8 Å². The van der Waals surface area contributed by atoms with Crippen molar-refractivity contribution in [3.8, 4) is 0 Å². The summed E-state index contributed by atoms with van der Waals surface area (Å²) >= 11 is 0. The van der Waals surface area contributed by atoms with Crippen LogP contribution in [-0.4, -0.2) is 204 Å². The zero-order chi connectivity index (χ0) is 71.5. The molecule has 1 aromatic heterocycles. The molecular weight excluding hydrogens is 1260 g/mol. The predicted molar refractivity (Wildman–Crippen MR) is 360 cm³/mol. The fraction of sp³-hybridized carbons (Fsp3) is 0.794. The van der Waals surface area contributed by atoms with Crippen LogP contribution in [0.3, 0.4) is 0 Å². The van der Waals surface area contributed by atoms with Crippen molar-refractivity contribution in [2.45, 2.75) is 250 Å². The lowest BCUT2D eigenvalue weighted by Gasteiger charge is -2.33. The summed E-state index contributed by atoms with van der Waals surface area (Å²) in [6.45, 7) is 5.82. The summed E-state index contributed by atoms with van der Waals surface area (Å²) in [6, 6.07) is -3.41. The summed E-state index contributed by atoms with van der Waals surface area (Å²) in [7, 11) is 0. The van der Waals surface area contributed by atoms with Crippen molar-refractivity contribution in [2.24, 2.45) is 23.5 Å². The molecule has 554 valence electrons. The molecule has 0 aliphatic heterocycles. The van der Waals surface area contributed by atoms with Gasteiger partial charge < -0.3 is 82.0 Å². The molecule has 2 rings (SSSR count). The van der Waals surface area contributed by atoms with Crippen LogP contribution in [0.5, 0.6) is 0 Å². The van der Waals surface area contributed by atoms with Crippen LogP contribution in [0, 0.1) is 17.8 Å². The van der Waals surface area contributed by atoms with Crippen LogP contribution in [0.2, 0.25) is 0 Å². The van der Waals surface area contributed by atoms with E-state index in [1.807, 2.05) is 0 Å². The van der Waals surface area contributed by atoms with Gasteiger partial charge >= 0.3 is 17.9 Å². The van der Waals surface area contributed by atoms with Crippen molar-refractivity contribution < 1.29 is 92.1 Å². The Morgan fingerprint density at radius 1 is 0.567 bits per heavy atom. The third kappa shape index (κ3) is 44.9. The number of unbranched alkanes of at least 4 members (excludes halogenated alkanes) is 16. The minimum Gasteiger partial charge on any atom is -0.481 e. The number of aromatic amines is 1. The summed E-state index contributed by atoms with van der Waals surface area (Å²) in [5.74, 6) is -6.68. The Bertz CT molecular complexity index is 2430.